The third-order valence-corrected chi connectivity index (χ3v) is 2.98. The maximum absolute atomic E-state index is 12.0. The Morgan fingerprint density at radius 2 is 2.33 bits per heavy atom. The van der Waals surface area contributed by atoms with Gasteiger partial charge in [0.1, 0.15) is 12.7 Å². The molecule has 1 heterocycles. The maximum Gasteiger partial charge on any atom is 0.491 e. The third kappa shape index (κ3) is 3.71. The van der Waals surface area contributed by atoms with Crippen molar-refractivity contribution in [3.05, 3.63) is 42.0 Å². The van der Waals surface area contributed by atoms with E-state index in [0.717, 1.165) is 11.6 Å². The van der Waals surface area contributed by atoms with Crippen molar-refractivity contribution in [1.29, 1.82) is 0 Å². The Kier molecular flexibility index (Phi) is 4.77. The van der Waals surface area contributed by atoms with E-state index in [2.05, 4.69) is 6.58 Å². The standard InChI is InChI=1S/C14H15BO6/c1-3-13(16)19-7-9(2)21-14(17)10-4-5-11-8-20-15(18)12(11)6-10/h3-6,9,18H,1,7-8H2,2H3. The first kappa shape index (κ1) is 15.3. The largest absolute Gasteiger partial charge is 0.491 e. The van der Waals surface area contributed by atoms with Crippen LogP contribution >= 0.6 is 0 Å². The lowest BCUT2D eigenvalue weighted by Gasteiger charge is -2.13. The summed E-state index contributed by atoms with van der Waals surface area (Å²) in [6, 6.07) is 4.85. The van der Waals surface area contributed by atoms with Gasteiger partial charge in [0.05, 0.1) is 12.2 Å². The summed E-state index contributed by atoms with van der Waals surface area (Å²) in [5.74, 6) is -1.13. The number of rotatable bonds is 5. The molecule has 0 spiro atoms. The molecule has 1 unspecified atom stereocenters. The van der Waals surface area contributed by atoms with Crippen molar-refractivity contribution in [3.63, 3.8) is 0 Å². The first-order valence-electron chi connectivity index (χ1n) is 6.44. The molecule has 0 bridgehead atoms. The van der Waals surface area contributed by atoms with Crippen LogP contribution in [0, 0.1) is 0 Å². The van der Waals surface area contributed by atoms with Crippen LogP contribution in [-0.2, 0) is 25.5 Å². The molecule has 1 aromatic rings. The second-order valence-corrected chi connectivity index (χ2v) is 4.63. The Balaban J connectivity index is 1.96. The van der Waals surface area contributed by atoms with Crippen molar-refractivity contribution < 1.29 is 28.7 Å². The molecule has 7 heteroatoms. The van der Waals surface area contributed by atoms with Gasteiger partial charge < -0.3 is 19.2 Å². The minimum absolute atomic E-state index is 0.0483. The molecule has 110 valence electrons. The average Bonchev–Trinajstić information content (AvgIpc) is 2.85. The topological polar surface area (TPSA) is 82.1 Å². The van der Waals surface area contributed by atoms with Gasteiger partial charge in [0.25, 0.3) is 0 Å². The van der Waals surface area contributed by atoms with Crippen LogP contribution in [0.2, 0.25) is 0 Å². The van der Waals surface area contributed by atoms with E-state index in [1.807, 2.05) is 0 Å². The molecule has 0 saturated heterocycles. The number of fused-ring (bicyclic) bond motifs is 1. The Labute approximate surface area is 122 Å². The zero-order valence-corrected chi connectivity index (χ0v) is 11.6. The van der Waals surface area contributed by atoms with Crippen LogP contribution in [0.4, 0.5) is 0 Å². The molecule has 1 aliphatic rings. The van der Waals surface area contributed by atoms with Crippen LogP contribution in [0.5, 0.6) is 0 Å². The van der Waals surface area contributed by atoms with Crippen molar-refractivity contribution in [2.24, 2.45) is 0 Å². The van der Waals surface area contributed by atoms with Crippen molar-refractivity contribution in [2.45, 2.75) is 19.6 Å². The highest BCUT2D eigenvalue weighted by atomic mass is 16.6. The molecule has 1 aromatic carbocycles. The number of hydrogen-bond donors (Lipinski definition) is 1. The van der Waals surface area contributed by atoms with E-state index in [0.29, 0.717) is 17.6 Å². The van der Waals surface area contributed by atoms with Crippen LogP contribution < -0.4 is 5.46 Å². The van der Waals surface area contributed by atoms with Crippen LogP contribution in [-0.4, -0.2) is 36.8 Å². The van der Waals surface area contributed by atoms with Gasteiger partial charge in [0, 0.05) is 6.08 Å². The Morgan fingerprint density at radius 3 is 3.05 bits per heavy atom. The lowest BCUT2D eigenvalue weighted by molar-refractivity contribution is -0.140. The number of hydrogen-bond acceptors (Lipinski definition) is 6. The molecule has 1 N–H and O–H groups in total. The number of carbonyl (C=O) groups excluding carboxylic acids is 2. The van der Waals surface area contributed by atoms with Crippen molar-refractivity contribution in [3.8, 4) is 0 Å². The van der Waals surface area contributed by atoms with Gasteiger partial charge in [-0.2, -0.15) is 0 Å². The third-order valence-electron chi connectivity index (χ3n) is 2.98. The minimum atomic E-state index is -1.02. The molecule has 0 fully saturated rings. The molecule has 1 atom stereocenters. The molecule has 21 heavy (non-hydrogen) atoms. The second-order valence-electron chi connectivity index (χ2n) is 4.63. The summed E-state index contributed by atoms with van der Waals surface area (Å²) in [5, 5.41) is 9.60. The maximum atomic E-state index is 12.0. The Morgan fingerprint density at radius 1 is 1.57 bits per heavy atom. The smallest absolute Gasteiger partial charge is 0.459 e. The normalized spacial score (nSPS) is 14.3. The van der Waals surface area contributed by atoms with Gasteiger partial charge in [-0.15, -0.1) is 0 Å². The predicted molar refractivity (Wildman–Crippen MR) is 74.9 cm³/mol. The first-order chi connectivity index (χ1) is 10.0. The number of esters is 2. The fraction of sp³-hybridized carbons (Fsp3) is 0.286. The first-order valence-corrected chi connectivity index (χ1v) is 6.44. The van der Waals surface area contributed by atoms with E-state index in [9.17, 15) is 14.6 Å². The zero-order chi connectivity index (χ0) is 15.4. The molecule has 0 aliphatic carbocycles. The lowest BCUT2D eigenvalue weighted by atomic mass is 9.79. The van der Waals surface area contributed by atoms with Crippen molar-refractivity contribution >= 4 is 24.5 Å². The number of ether oxygens (including phenoxy) is 2. The average molecular weight is 290 g/mol. The van der Waals surface area contributed by atoms with E-state index >= 15 is 0 Å². The molecule has 0 saturated carbocycles. The summed E-state index contributed by atoms with van der Waals surface area (Å²) in [5.41, 5.74) is 1.71. The minimum Gasteiger partial charge on any atom is -0.459 e. The molecule has 1 aliphatic heterocycles. The SMILES string of the molecule is C=CC(=O)OCC(C)OC(=O)c1ccc2c(c1)B(O)OC2. The summed E-state index contributed by atoms with van der Waals surface area (Å²) in [7, 11) is -1.02. The number of carbonyl (C=O) groups is 2. The van der Waals surface area contributed by atoms with Gasteiger partial charge >= 0.3 is 19.1 Å². The van der Waals surface area contributed by atoms with Crippen LogP contribution in [0.3, 0.4) is 0 Å². The fourth-order valence-corrected chi connectivity index (χ4v) is 1.88. The second kappa shape index (κ2) is 6.56. The predicted octanol–water partition coefficient (Wildman–Crippen LogP) is 0.179. The molecular formula is C14H15BO6. The summed E-state index contributed by atoms with van der Waals surface area (Å²) in [6.45, 7) is 5.15. The van der Waals surface area contributed by atoms with Gasteiger partial charge in [-0.3, -0.25) is 0 Å². The molecule has 6 nitrogen and oxygen atoms in total. The molecule has 0 radical (unpaired) electrons. The monoisotopic (exact) mass is 290 g/mol. The fourth-order valence-electron chi connectivity index (χ4n) is 1.88. The lowest BCUT2D eigenvalue weighted by Crippen LogP contribution is -2.29. The highest BCUT2D eigenvalue weighted by molar-refractivity contribution is 6.61. The van der Waals surface area contributed by atoms with E-state index in [-0.39, 0.29) is 6.61 Å². The van der Waals surface area contributed by atoms with Gasteiger partial charge in [-0.05, 0) is 30.1 Å². The van der Waals surface area contributed by atoms with Crippen molar-refractivity contribution in [1.82, 2.24) is 0 Å². The zero-order valence-electron chi connectivity index (χ0n) is 11.6. The highest BCUT2D eigenvalue weighted by Gasteiger charge is 2.28. The highest BCUT2D eigenvalue weighted by Crippen LogP contribution is 2.12. The quantitative estimate of drug-likeness (QED) is 0.473. The molecule has 0 amide bonds. The Bertz CT molecular complexity index is 571. The van der Waals surface area contributed by atoms with Crippen LogP contribution in [0.15, 0.2) is 30.9 Å². The van der Waals surface area contributed by atoms with Crippen molar-refractivity contribution in [2.75, 3.05) is 6.61 Å². The summed E-state index contributed by atoms with van der Waals surface area (Å²) >= 11 is 0. The summed E-state index contributed by atoms with van der Waals surface area (Å²) in [4.78, 5) is 22.9. The Hall–Kier alpha value is -2.12. The van der Waals surface area contributed by atoms with E-state index in [1.165, 1.54) is 6.07 Å². The van der Waals surface area contributed by atoms with Crippen LogP contribution in [0.25, 0.3) is 0 Å². The van der Waals surface area contributed by atoms with Gasteiger partial charge in [0.15, 0.2) is 0 Å². The van der Waals surface area contributed by atoms with E-state index < -0.39 is 25.2 Å². The molecule has 0 aromatic heterocycles. The molecule has 2 rings (SSSR count). The van der Waals surface area contributed by atoms with E-state index in [1.54, 1.807) is 19.1 Å². The van der Waals surface area contributed by atoms with Gasteiger partial charge in [-0.25, -0.2) is 9.59 Å². The number of benzene rings is 1. The summed E-state index contributed by atoms with van der Waals surface area (Å²) in [6.07, 6.45) is 0.451. The summed E-state index contributed by atoms with van der Waals surface area (Å²) < 4.78 is 15.0. The van der Waals surface area contributed by atoms with Crippen LogP contribution in [0.1, 0.15) is 22.8 Å². The van der Waals surface area contributed by atoms with Gasteiger partial charge in [-0.1, -0.05) is 12.6 Å². The molecular weight excluding hydrogens is 275 g/mol. The van der Waals surface area contributed by atoms with E-state index in [4.69, 9.17) is 14.1 Å². The van der Waals surface area contributed by atoms with Gasteiger partial charge in [0.2, 0.25) is 0 Å².